The summed E-state index contributed by atoms with van der Waals surface area (Å²) in [4.78, 5) is 46.6. The first-order valence-corrected chi connectivity index (χ1v) is 11.7. The van der Waals surface area contributed by atoms with Crippen molar-refractivity contribution in [3.8, 4) is 5.75 Å². The number of nitrogens with one attached hydrogen (secondary N) is 3. The van der Waals surface area contributed by atoms with Gasteiger partial charge in [-0.1, -0.05) is 25.5 Å². The highest BCUT2D eigenvalue weighted by atomic mass is 19.1. The first kappa shape index (κ1) is 24.9. The number of hydrogen-bond donors (Lipinski definition) is 3. The zero-order chi connectivity index (χ0) is 25.8. The molecule has 0 saturated carbocycles. The van der Waals surface area contributed by atoms with Crippen LogP contribution < -0.4 is 21.3 Å². The van der Waals surface area contributed by atoms with Gasteiger partial charge >= 0.3 is 5.69 Å². The van der Waals surface area contributed by atoms with Crippen molar-refractivity contribution in [2.45, 2.75) is 45.6 Å². The zero-order valence-electron chi connectivity index (χ0n) is 20.4. The molecule has 0 aliphatic heterocycles. The minimum absolute atomic E-state index is 0.187. The Hall–Kier alpha value is -4.21. The quantitative estimate of drug-likeness (QED) is 0.328. The van der Waals surface area contributed by atoms with Crippen LogP contribution in [0.4, 0.5) is 10.1 Å². The molecular formula is C26H28FN5O4. The molecule has 9 nitrogen and oxygen atoms in total. The number of halogens is 1. The zero-order valence-corrected chi connectivity index (χ0v) is 20.4. The Labute approximate surface area is 206 Å². The molecule has 1 atom stereocenters. The van der Waals surface area contributed by atoms with Crippen molar-refractivity contribution in [1.29, 1.82) is 0 Å². The van der Waals surface area contributed by atoms with Crippen LogP contribution in [0.1, 0.15) is 49.6 Å². The molecule has 4 aromatic rings. The molecule has 0 radical (unpaired) electrons. The number of aromatic nitrogens is 4. The van der Waals surface area contributed by atoms with Gasteiger partial charge < -0.3 is 15.0 Å². The number of nitrogens with zero attached hydrogens (tertiary/aromatic N) is 2. The second-order valence-corrected chi connectivity index (χ2v) is 8.60. The van der Waals surface area contributed by atoms with Gasteiger partial charge in [0.25, 0.3) is 5.56 Å². The van der Waals surface area contributed by atoms with E-state index >= 15 is 0 Å². The predicted octanol–water partition coefficient (Wildman–Crippen LogP) is 3.69. The first-order chi connectivity index (χ1) is 17.3. The summed E-state index contributed by atoms with van der Waals surface area (Å²) in [5, 5.41) is 2.72. The second kappa shape index (κ2) is 10.6. The molecule has 4 rings (SSSR count). The van der Waals surface area contributed by atoms with Crippen molar-refractivity contribution in [2.24, 2.45) is 0 Å². The maximum atomic E-state index is 14.8. The number of carbonyl (C=O) groups is 1. The molecule has 10 heteroatoms. The monoisotopic (exact) mass is 493 g/mol. The Morgan fingerprint density at radius 3 is 2.58 bits per heavy atom. The van der Waals surface area contributed by atoms with Crippen LogP contribution in [-0.2, 0) is 17.8 Å². The molecular weight excluding hydrogens is 465 g/mol. The number of carbonyl (C=O) groups excluding carboxylic acids is 1. The summed E-state index contributed by atoms with van der Waals surface area (Å²) in [5.41, 5.74) is 1.17. The smallest absolute Gasteiger partial charge is 0.330 e. The molecule has 0 aliphatic rings. The molecule has 0 aliphatic carbocycles. The fourth-order valence-electron chi connectivity index (χ4n) is 4.18. The minimum atomic E-state index is -0.561. The molecule has 3 N–H and O–H groups in total. The van der Waals surface area contributed by atoms with E-state index in [9.17, 15) is 18.8 Å². The van der Waals surface area contributed by atoms with Crippen molar-refractivity contribution in [2.75, 3.05) is 12.4 Å². The number of rotatable bonds is 9. The van der Waals surface area contributed by atoms with E-state index < -0.39 is 23.0 Å². The molecule has 2 aromatic carbocycles. The van der Waals surface area contributed by atoms with Gasteiger partial charge in [-0.2, -0.15) is 0 Å². The van der Waals surface area contributed by atoms with Gasteiger partial charge in [0.05, 0.1) is 7.11 Å². The van der Waals surface area contributed by atoms with Crippen LogP contribution in [0.3, 0.4) is 0 Å². The van der Waals surface area contributed by atoms with Crippen molar-refractivity contribution in [1.82, 2.24) is 19.5 Å². The van der Waals surface area contributed by atoms with Gasteiger partial charge in [-0.3, -0.25) is 19.1 Å². The lowest BCUT2D eigenvalue weighted by atomic mass is 9.90. The van der Waals surface area contributed by atoms with E-state index in [4.69, 9.17) is 4.74 Å². The average molecular weight is 494 g/mol. The number of imidazole rings is 1. The van der Waals surface area contributed by atoms with Gasteiger partial charge in [-0.05, 0) is 54.3 Å². The second-order valence-electron chi connectivity index (χ2n) is 8.60. The average Bonchev–Trinajstić information content (AvgIpc) is 3.29. The predicted molar refractivity (Wildman–Crippen MR) is 135 cm³/mol. The summed E-state index contributed by atoms with van der Waals surface area (Å²) < 4.78 is 21.5. The first-order valence-electron chi connectivity index (χ1n) is 11.7. The SMILES string of the molecule is CCCCn1c(=O)[nH]c(=O)c2[nH]c(C(Cc3cc(OC)ccc3F)c3ccc(NC(C)=O)cc3)nc21. The number of fused-ring (bicyclic) bond motifs is 1. The van der Waals surface area contributed by atoms with Gasteiger partial charge in [0, 0.05) is 25.1 Å². The van der Waals surface area contributed by atoms with E-state index in [-0.39, 0.29) is 23.5 Å². The Kier molecular flexibility index (Phi) is 7.33. The van der Waals surface area contributed by atoms with Gasteiger partial charge in [0.2, 0.25) is 5.91 Å². The Morgan fingerprint density at radius 1 is 1.17 bits per heavy atom. The van der Waals surface area contributed by atoms with E-state index in [0.717, 1.165) is 18.4 Å². The Bertz CT molecular complexity index is 1500. The van der Waals surface area contributed by atoms with E-state index in [2.05, 4.69) is 20.3 Å². The van der Waals surface area contributed by atoms with Crippen molar-refractivity contribution in [3.05, 3.63) is 86.1 Å². The third-order valence-electron chi connectivity index (χ3n) is 6.03. The van der Waals surface area contributed by atoms with E-state index in [1.807, 2.05) is 19.1 Å². The van der Waals surface area contributed by atoms with Crippen LogP contribution in [0.5, 0.6) is 5.75 Å². The topological polar surface area (TPSA) is 122 Å². The van der Waals surface area contributed by atoms with Crippen LogP contribution in [0.15, 0.2) is 52.1 Å². The molecule has 0 spiro atoms. The maximum Gasteiger partial charge on any atom is 0.330 e. The normalized spacial score (nSPS) is 12.0. The molecule has 188 valence electrons. The van der Waals surface area contributed by atoms with E-state index in [0.29, 0.717) is 29.4 Å². The summed E-state index contributed by atoms with van der Waals surface area (Å²) >= 11 is 0. The number of ether oxygens (including phenoxy) is 1. The molecule has 0 bridgehead atoms. The lowest BCUT2D eigenvalue weighted by molar-refractivity contribution is -0.114. The number of unbranched alkanes of at least 4 members (excludes halogenated alkanes) is 1. The molecule has 1 unspecified atom stereocenters. The Morgan fingerprint density at radius 2 is 1.92 bits per heavy atom. The van der Waals surface area contributed by atoms with Crippen LogP contribution in [-0.4, -0.2) is 32.5 Å². The highest BCUT2D eigenvalue weighted by Crippen LogP contribution is 2.31. The highest BCUT2D eigenvalue weighted by molar-refractivity contribution is 5.88. The van der Waals surface area contributed by atoms with Gasteiger partial charge in [0.1, 0.15) is 22.9 Å². The third kappa shape index (κ3) is 5.22. The molecule has 0 saturated heterocycles. The van der Waals surface area contributed by atoms with E-state index in [1.165, 1.54) is 24.7 Å². The van der Waals surface area contributed by atoms with Gasteiger partial charge in [-0.25, -0.2) is 14.2 Å². The Balaban J connectivity index is 1.85. The fraction of sp³-hybridized carbons (Fsp3) is 0.308. The highest BCUT2D eigenvalue weighted by Gasteiger charge is 2.23. The van der Waals surface area contributed by atoms with Crippen LogP contribution in [0.2, 0.25) is 0 Å². The largest absolute Gasteiger partial charge is 0.497 e. The molecule has 36 heavy (non-hydrogen) atoms. The maximum absolute atomic E-state index is 14.8. The molecule has 2 aromatic heterocycles. The summed E-state index contributed by atoms with van der Waals surface area (Å²) in [6.07, 6.45) is 1.81. The fourth-order valence-corrected chi connectivity index (χ4v) is 4.18. The van der Waals surface area contributed by atoms with Gasteiger partial charge in [-0.15, -0.1) is 0 Å². The van der Waals surface area contributed by atoms with Crippen molar-refractivity contribution < 1.29 is 13.9 Å². The number of anilines is 1. The summed E-state index contributed by atoms with van der Waals surface area (Å²) in [6, 6.07) is 11.6. The number of aryl methyl sites for hydroxylation is 1. The number of aromatic amines is 2. The van der Waals surface area contributed by atoms with Crippen LogP contribution in [0.25, 0.3) is 11.2 Å². The lowest BCUT2D eigenvalue weighted by Crippen LogP contribution is -2.30. The van der Waals surface area contributed by atoms with Gasteiger partial charge in [0.15, 0.2) is 5.65 Å². The van der Waals surface area contributed by atoms with Crippen molar-refractivity contribution >= 4 is 22.8 Å². The lowest BCUT2D eigenvalue weighted by Gasteiger charge is -2.17. The van der Waals surface area contributed by atoms with Crippen LogP contribution >= 0.6 is 0 Å². The summed E-state index contributed by atoms with van der Waals surface area (Å²) in [5.74, 6) is -0.148. The summed E-state index contributed by atoms with van der Waals surface area (Å²) in [7, 11) is 1.51. The van der Waals surface area contributed by atoms with E-state index in [1.54, 1.807) is 24.3 Å². The van der Waals surface area contributed by atoms with Crippen LogP contribution in [0, 0.1) is 5.82 Å². The number of hydrogen-bond acceptors (Lipinski definition) is 5. The third-order valence-corrected chi connectivity index (χ3v) is 6.03. The molecule has 1 amide bonds. The molecule has 0 fully saturated rings. The number of methoxy groups -OCH3 is 1. The summed E-state index contributed by atoms with van der Waals surface area (Å²) in [6.45, 7) is 3.84. The van der Waals surface area contributed by atoms with Crippen molar-refractivity contribution in [3.63, 3.8) is 0 Å². The number of amides is 1. The number of H-pyrrole nitrogens is 2. The number of benzene rings is 2. The minimum Gasteiger partial charge on any atom is -0.497 e. The standard InChI is InChI=1S/C26H28FN5O4/c1-4-5-12-32-24-22(25(34)31-26(32)35)29-23(30-24)20(14-17-13-19(36-3)10-11-21(17)27)16-6-8-18(9-7-16)28-15(2)33/h6-11,13,20H,4-5,12,14H2,1-3H3,(H,28,33)(H,29,30)(H,31,34,35). The molecule has 2 heterocycles.